The molecule has 4 N–H and O–H groups in total. The second-order valence-electron chi connectivity index (χ2n) is 0. The maximum absolute atomic E-state index is 7.50. The normalized spacial score (nSPS) is 2.00. The zero-order valence-electron chi connectivity index (χ0n) is 2.06. The molecule has 0 spiro atoms. The van der Waals surface area contributed by atoms with Gasteiger partial charge in [0.2, 0.25) is 0 Å². The quantitative estimate of drug-likeness (QED) is 0.159. The van der Waals surface area contributed by atoms with Crippen molar-refractivity contribution in [2.75, 3.05) is 0 Å². The molecule has 0 aliphatic carbocycles. The van der Waals surface area contributed by atoms with Crippen LogP contribution in [0, 0.1) is 6.65 Å². The predicted molar refractivity (Wildman–Crippen MR) is 12.3 cm³/mol. The predicted octanol–water partition coefficient (Wildman–Crippen LogP) is -1.22. The third kappa shape index (κ3) is 6.26. The van der Waals surface area contributed by atoms with Gasteiger partial charge in [-0.15, -0.1) is 0 Å². The summed E-state index contributed by atoms with van der Waals surface area (Å²) in [4.78, 5) is 0. The Kier molecular flexibility index (Phi) is 149. The van der Waals surface area contributed by atoms with Gasteiger partial charge in [0, 0.05) is 0 Å². The number of nitrogens with two attached hydrogens (primary N) is 2. The van der Waals surface area contributed by atoms with E-state index in [1.807, 2.05) is 0 Å². The van der Waals surface area contributed by atoms with Gasteiger partial charge in [0.15, 0.2) is 0 Å². The SMILES string of the molecule is NN.[C-]#[O+]. The molecule has 0 aliphatic rings. The molecule has 0 rings (SSSR count). The van der Waals surface area contributed by atoms with Gasteiger partial charge < -0.3 is 0 Å². The van der Waals surface area contributed by atoms with E-state index >= 15 is 0 Å². The summed E-state index contributed by atoms with van der Waals surface area (Å²) in [7, 11) is 0. The summed E-state index contributed by atoms with van der Waals surface area (Å²) in [5.41, 5.74) is 0. The fourth-order valence-corrected chi connectivity index (χ4v) is 0. The van der Waals surface area contributed by atoms with Crippen molar-refractivity contribution in [2.45, 2.75) is 0 Å². The molecule has 0 saturated heterocycles. The summed E-state index contributed by atoms with van der Waals surface area (Å²) >= 11 is 0. The molecule has 3 nitrogen and oxygen atoms in total. The van der Waals surface area contributed by atoms with Crippen molar-refractivity contribution in [1.82, 2.24) is 0 Å². The standard InChI is InChI=1S/CO.H4N2/c2*1-2/h;1-2H2. The van der Waals surface area contributed by atoms with Gasteiger partial charge in [-0.3, -0.25) is 11.7 Å². The molecule has 0 amide bonds. The first kappa shape index (κ1) is 9.40. The van der Waals surface area contributed by atoms with Crippen LogP contribution in [0.3, 0.4) is 0 Å². The molecule has 0 heterocycles. The van der Waals surface area contributed by atoms with Gasteiger partial charge in [-0.05, 0) is 0 Å². The molecule has 0 aromatic rings. The zero-order chi connectivity index (χ0) is 4.00. The Morgan fingerprint density at radius 3 is 1.25 bits per heavy atom. The topological polar surface area (TPSA) is 71.9 Å². The second kappa shape index (κ2) is 63.4. The molecule has 0 bridgehead atoms. The molecule has 0 aliphatic heterocycles. The van der Waals surface area contributed by atoms with Crippen LogP contribution in [0.4, 0.5) is 0 Å². The molecular weight excluding hydrogens is 56.0 g/mol. The molecular formula is CH4N2O. The molecule has 4 heavy (non-hydrogen) atoms. The van der Waals surface area contributed by atoms with E-state index in [2.05, 4.69) is 18.3 Å². The van der Waals surface area contributed by atoms with Crippen LogP contribution in [0.15, 0.2) is 0 Å². The van der Waals surface area contributed by atoms with E-state index in [-0.39, 0.29) is 0 Å². The molecule has 0 fully saturated rings. The number of hydrazine groups is 1. The fraction of sp³-hybridized carbons (Fsp3) is 0. The summed E-state index contributed by atoms with van der Waals surface area (Å²) in [6.45, 7) is 4.50. The van der Waals surface area contributed by atoms with Crippen molar-refractivity contribution in [3.05, 3.63) is 6.65 Å². The van der Waals surface area contributed by atoms with Crippen LogP contribution in [0.5, 0.6) is 0 Å². The van der Waals surface area contributed by atoms with Crippen LogP contribution in [-0.4, -0.2) is 0 Å². The zero-order valence-corrected chi connectivity index (χ0v) is 2.06. The number of hydrogen-bond donors (Lipinski definition) is 2. The van der Waals surface area contributed by atoms with Crippen LogP contribution in [0.1, 0.15) is 0 Å². The molecule has 0 saturated carbocycles. The van der Waals surface area contributed by atoms with Gasteiger partial charge in [0.1, 0.15) is 0 Å². The molecule has 0 unspecified atom stereocenters. The Labute approximate surface area is 24.3 Å². The van der Waals surface area contributed by atoms with E-state index in [0.717, 1.165) is 0 Å². The first-order valence-electron chi connectivity index (χ1n) is 0.537. The third-order valence-electron chi connectivity index (χ3n) is 0. The number of rotatable bonds is 0. The van der Waals surface area contributed by atoms with Gasteiger partial charge in [-0.2, -0.15) is 0 Å². The summed E-state index contributed by atoms with van der Waals surface area (Å²) in [6, 6.07) is 0. The first-order valence-corrected chi connectivity index (χ1v) is 0.537. The fourth-order valence-electron chi connectivity index (χ4n) is 0. The molecule has 0 aromatic heterocycles. The van der Waals surface area contributed by atoms with Crippen molar-refractivity contribution in [2.24, 2.45) is 11.7 Å². The van der Waals surface area contributed by atoms with Crippen LogP contribution in [-0.2, 0) is 4.65 Å². The van der Waals surface area contributed by atoms with E-state index < -0.39 is 0 Å². The van der Waals surface area contributed by atoms with Crippen LogP contribution in [0.2, 0.25) is 0 Å². The Morgan fingerprint density at radius 2 is 1.25 bits per heavy atom. The van der Waals surface area contributed by atoms with Gasteiger partial charge in [-0.1, -0.05) is 0 Å². The molecule has 0 aromatic carbocycles. The van der Waals surface area contributed by atoms with Gasteiger partial charge >= 0.3 is 11.3 Å². The third-order valence-corrected chi connectivity index (χ3v) is 0. The monoisotopic (exact) mass is 60.0 g/mol. The number of hydrogen-bond acceptors (Lipinski definition) is 2. The summed E-state index contributed by atoms with van der Waals surface area (Å²) in [5.74, 6) is 8.00. The van der Waals surface area contributed by atoms with Crippen molar-refractivity contribution in [1.29, 1.82) is 0 Å². The molecule has 0 radical (unpaired) electrons. The van der Waals surface area contributed by atoms with E-state index in [9.17, 15) is 0 Å². The summed E-state index contributed by atoms with van der Waals surface area (Å²) in [6.07, 6.45) is 0. The van der Waals surface area contributed by atoms with Gasteiger partial charge in [-0.25, -0.2) is 0 Å². The van der Waals surface area contributed by atoms with Crippen molar-refractivity contribution < 1.29 is 4.65 Å². The summed E-state index contributed by atoms with van der Waals surface area (Å²) in [5, 5.41) is 0. The van der Waals surface area contributed by atoms with E-state index in [0.29, 0.717) is 0 Å². The van der Waals surface area contributed by atoms with Crippen LogP contribution < -0.4 is 11.7 Å². The Hall–Kier alpha value is -0.340. The second-order valence-corrected chi connectivity index (χ2v) is 0. The Morgan fingerprint density at radius 1 is 1.25 bits per heavy atom. The minimum absolute atomic E-state index is 4.00. The van der Waals surface area contributed by atoms with Gasteiger partial charge in [0.25, 0.3) is 0 Å². The average Bonchev–Trinajstić information content (AvgIpc) is 1.50. The van der Waals surface area contributed by atoms with Crippen molar-refractivity contribution >= 4 is 0 Å². The van der Waals surface area contributed by atoms with Crippen molar-refractivity contribution in [3.63, 3.8) is 0 Å². The van der Waals surface area contributed by atoms with Crippen LogP contribution >= 0.6 is 0 Å². The average molecular weight is 60.1 g/mol. The summed E-state index contributed by atoms with van der Waals surface area (Å²) < 4.78 is 7.50. The van der Waals surface area contributed by atoms with Crippen molar-refractivity contribution in [3.8, 4) is 0 Å². The Bertz CT molecular complexity index is 10.8. The van der Waals surface area contributed by atoms with Crippen LogP contribution in [0.25, 0.3) is 0 Å². The Balaban J connectivity index is 0. The first-order chi connectivity index (χ1) is 2.00. The van der Waals surface area contributed by atoms with E-state index in [4.69, 9.17) is 4.65 Å². The molecule has 0 atom stereocenters. The maximum atomic E-state index is 7.50. The molecule has 24 valence electrons. The van der Waals surface area contributed by atoms with Gasteiger partial charge in [0.05, 0.1) is 0 Å². The molecule has 3 heteroatoms. The van der Waals surface area contributed by atoms with E-state index in [1.54, 1.807) is 0 Å². The van der Waals surface area contributed by atoms with E-state index in [1.165, 1.54) is 0 Å². The minimum atomic E-state index is 4.00.